The summed E-state index contributed by atoms with van der Waals surface area (Å²) < 4.78 is 15.7. The SMILES string of the molecule is COc1ccc(Cl)cc1NC(=O)[C@H](C)OC(=O)COc1cc(C)cc(C)c1. The Morgan fingerprint density at radius 1 is 1.11 bits per heavy atom. The fourth-order valence-corrected chi connectivity index (χ4v) is 2.63. The van der Waals surface area contributed by atoms with Crippen molar-refractivity contribution in [2.24, 2.45) is 0 Å². The average molecular weight is 392 g/mol. The second-order valence-electron chi connectivity index (χ2n) is 6.08. The number of carbonyl (C=O) groups is 2. The molecule has 2 rings (SSSR count). The first kappa shape index (κ1) is 20.6. The molecule has 7 heteroatoms. The van der Waals surface area contributed by atoms with Crippen molar-refractivity contribution in [3.63, 3.8) is 0 Å². The molecule has 0 fully saturated rings. The van der Waals surface area contributed by atoms with Crippen molar-refractivity contribution in [1.29, 1.82) is 0 Å². The summed E-state index contributed by atoms with van der Waals surface area (Å²) in [6.07, 6.45) is -1.01. The van der Waals surface area contributed by atoms with Gasteiger partial charge in [-0.15, -0.1) is 0 Å². The third kappa shape index (κ3) is 6.18. The number of carbonyl (C=O) groups excluding carboxylic acids is 2. The van der Waals surface area contributed by atoms with Gasteiger partial charge in [-0.1, -0.05) is 17.7 Å². The number of halogens is 1. The summed E-state index contributed by atoms with van der Waals surface area (Å²) in [5.74, 6) is -0.125. The van der Waals surface area contributed by atoms with E-state index in [0.29, 0.717) is 22.2 Å². The van der Waals surface area contributed by atoms with E-state index in [1.54, 1.807) is 18.2 Å². The molecule has 0 aromatic heterocycles. The molecule has 0 aliphatic heterocycles. The van der Waals surface area contributed by atoms with Crippen LogP contribution in [0, 0.1) is 13.8 Å². The molecule has 0 bridgehead atoms. The molecule has 0 aliphatic carbocycles. The second kappa shape index (κ2) is 9.28. The molecule has 1 N–H and O–H groups in total. The van der Waals surface area contributed by atoms with E-state index in [4.69, 9.17) is 25.8 Å². The Hall–Kier alpha value is -2.73. The topological polar surface area (TPSA) is 73.9 Å². The fraction of sp³-hybridized carbons (Fsp3) is 0.300. The Bertz CT molecular complexity index is 817. The van der Waals surface area contributed by atoms with Crippen LogP contribution in [-0.2, 0) is 14.3 Å². The lowest BCUT2D eigenvalue weighted by Gasteiger charge is -2.15. The quantitative estimate of drug-likeness (QED) is 0.724. The summed E-state index contributed by atoms with van der Waals surface area (Å²) in [5, 5.41) is 3.07. The third-order valence-corrected chi connectivity index (χ3v) is 3.88. The van der Waals surface area contributed by atoms with Gasteiger partial charge in [0, 0.05) is 5.02 Å². The van der Waals surface area contributed by atoms with Gasteiger partial charge < -0.3 is 19.5 Å². The molecule has 0 aliphatic rings. The van der Waals surface area contributed by atoms with Crippen molar-refractivity contribution in [1.82, 2.24) is 0 Å². The van der Waals surface area contributed by atoms with Crippen molar-refractivity contribution in [3.05, 3.63) is 52.5 Å². The number of aryl methyl sites for hydroxylation is 2. The molecule has 2 aromatic rings. The molecule has 0 radical (unpaired) electrons. The number of ether oxygens (including phenoxy) is 3. The second-order valence-corrected chi connectivity index (χ2v) is 6.51. The highest BCUT2D eigenvalue weighted by atomic mass is 35.5. The summed E-state index contributed by atoms with van der Waals surface area (Å²) in [5.41, 5.74) is 2.45. The van der Waals surface area contributed by atoms with Crippen LogP contribution in [-0.4, -0.2) is 31.7 Å². The van der Waals surface area contributed by atoms with Gasteiger partial charge in [0.15, 0.2) is 12.7 Å². The van der Waals surface area contributed by atoms with Crippen LogP contribution >= 0.6 is 11.6 Å². The molecule has 144 valence electrons. The lowest BCUT2D eigenvalue weighted by molar-refractivity contribution is -0.155. The van der Waals surface area contributed by atoms with E-state index in [2.05, 4.69) is 5.32 Å². The zero-order valence-electron chi connectivity index (χ0n) is 15.7. The Morgan fingerprint density at radius 2 is 1.78 bits per heavy atom. The number of methoxy groups -OCH3 is 1. The zero-order chi connectivity index (χ0) is 20.0. The lowest BCUT2D eigenvalue weighted by Crippen LogP contribution is -2.31. The van der Waals surface area contributed by atoms with E-state index in [-0.39, 0.29) is 6.61 Å². The van der Waals surface area contributed by atoms with Crippen LogP contribution in [0.1, 0.15) is 18.1 Å². The number of hydrogen-bond donors (Lipinski definition) is 1. The van der Waals surface area contributed by atoms with Gasteiger partial charge in [0.05, 0.1) is 12.8 Å². The molecule has 0 unspecified atom stereocenters. The fourth-order valence-electron chi connectivity index (χ4n) is 2.46. The van der Waals surface area contributed by atoms with Crippen LogP contribution in [0.4, 0.5) is 5.69 Å². The number of rotatable bonds is 7. The van der Waals surface area contributed by atoms with Crippen LogP contribution in [0.25, 0.3) is 0 Å². The first-order valence-electron chi connectivity index (χ1n) is 8.33. The van der Waals surface area contributed by atoms with Gasteiger partial charge >= 0.3 is 5.97 Å². The first-order chi connectivity index (χ1) is 12.8. The van der Waals surface area contributed by atoms with E-state index >= 15 is 0 Å². The van der Waals surface area contributed by atoms with Crippen LogP contribution < -0.4 is 14.8 Å². The van der Waals surface area contributed by atoms with Crippen LogP contribution in [0.5, 0.6) is 11.5 Å². The Kier molecular flexibility index (Phi) is 7.07. The van der Waals surface area contributed by atoms with E-state index in [1.807, 2.05) is 32.0 Å². The zero-order valence-corrected chi connectivity index (χ0v) is 16.4. The molecule has 0 spiro atoms. The van der Waals surface area contributed by atoms with Gasteiger partial charge in [-0.3, -0.25) is 4.79 Å². The van der Waals surface area contributed by atoms with Gasteiger partial charge in [0.2, 0.25) is 0 Å². The molecular weight excluding hydrogens is 370 g/mol. The molecular formula is C20H22ClNO5. The van der Waals surface area contributed by atoms with Crippen molar-refractivity contribution < 1.29 is 23.8 Å². The molecule has 2 aromatic carbocycles. The number of hydrogen-bond acceptors (Lipinski definition) is 5. The third-order valence-electron chi connectivity index (χ3n) is 3.65. The van der Waals surface area contributed by atoms with Gasteiger partial charge in [-0.05, 0) is 62.2 Å². The van der Waals surface area contributed by atoms with E-state index in [0.717, 1.165) is 11.1 Å². The largest absolute Gasteiger partial charge is 0.495 e. The molecule has 1 amide bonds. The van der Waals surface area contributed by atoms with Crippen LogP contribution in [0.15, 0.2) is 36.4 Å². The van der Waals surface area contributed by atoms with Gasteiger partial charge in [0.25, 0.3) is 5.91 Å². The number of nitrogens with one attached hydrogen (secondary N) is 1. The summed E-state index contributed by atoms with van der Waals surface area (Å²) >= 11 is 5.93. The van der Waals surface area contributed by atoms with E-state index in [1.165, 1.54) is 14.0 Å². The molecule has 0 saturated carbocycles. The minimum absolute atomic E-state index is 0.291. The summed E-state index contributed by atoms with van der Waals surface area (Å²) in [6, 6.07) is 10.5. The van der Waals surface area contributed by atoms with Gasteiger partial charge in [-0.25, -0.2) is 4.79 Å². The molecule has 27 heavy (non-hydrogen) atoms. The van der Waals surface area contributed by atoms with Gasteiger partial charge in [0.1, 0.15) is 11.5 Å². The van der Waals surface area contributed by atoms with E-state index < -0.39 is 18.0 Å². The number of esters is 1. The predicted octanol–water partition coefficient (Wildman–Crippen LogP) is 3.91. The Balaban J connectivity index is 1.90. The molecule has 6 nitrogen and oxygen atoms in total. The van der Waals surface area contributed by atoms with Gasteiger partial charge in [-0.2, -0.15) is 0 Å². The van der Waals surface area contributed by atoms with Crippen molar-refractivity contribution in [2.45, 2.75) is 26.9 Å². The van der Waals surface area contributed by atoms with Crippen LogP contribution in [0.3, 0.4) is 0 Å². The minimum Gasteiger partial charge on any atom is -0.495 e. The average Bonchev–Trinajstić information content (AvgIpc) is 2.59. The van der Waals surface area contributed by atoms with Crippen molar-refractivity contribution in [3.8, 4) is 11.5 Å². The maximum absolute atomic E-state index is 12.3. The molecule has 0 saturated heterocycles. The number of anilines is 1. The summed E-state index contributed by atoms with van der Waals surface area (Å²) in [7, 11) is 1.48. The highest BCUT2D eigenvalue weighted by molar-refractivity contribution is 6.31. The van der Waals surface area contributed by atoms with Crippen molar-refractivity contribution >= 4 is 29.2 Å². The molecule has 0 heterocycles. The maximum atomic E-state index is 12.3. The minimum atomic E-state index is -1.01. The Morgan fingerprint density at radius 3 is 2.41 bits per heavy atom. The monoisotopic (exact) mass is 391 g/mol. The first-order valence-corrected chi connectivity index (χ1v) is 8.71. The normalized spacial score (nSPS) is 11.4. The summed E-state index contributed by atoms with van der Waals surface area (Å²) in [4.78, 5) is 24.2. The Labute approximate surface area is 163 Å². The molecule has 1 atom stereocenters. The standard InChI is InChI=1S/C20H22ClNO5/c1-12-7-13(2)9-16(8-12)26-11-19(23)27-14(3)20(24)22-17-10-15(21)5-6-18(17)25-4/h5-10,14H,11H2,1-4H3,(H,22,24)/t14-/m0/s1. The number of amides is 1. The maximum Gasteiger partial charge on any atom is 0.344 e. The highest BCUT2D eigenvalue weighted by Gasteiger charge is 2.20. The summed E-state index contributed by atoms with van der Waals surface area (Å²) in [6.45, 7) is 5.06. The van der Waals surface area contributed by atoms with E-state index in [9.17, 15) is 9.59 Å². The highest BCUT2D eigenvalue weighted by Crippen LogP contribution is 2.27. The van der Waals surface area contributed by atoms with Crippen LogP contribution in [0.2, 0.25) is 5.02 Å². The predicted molar refractivity (Wildman–Crippen MR) is 104 cm³/mol. The smallest absolute Gasteiger partial charge is 0.344 e. The lowest BCUT2D eigenvalue weighted by atomic mass is 10.1. The van der Waals surface area contributed by atoms with Crippen molar-refractivity contribution in [2.75, 3.05) is 19.0 Å². The number of benzene rings is 2.